The first-order valence-electron chi connectivity index (χ1n) is 17.3. The van der Waals surface area contributed by atoms with Gasteiger partial charge in [0.1, 0.15) is 11.8 Å². The van der Waals surface area contributed by atoms with E-state index in [1.807, 2.05) is 71.9 Å². The Morgan fingerprint density at radius 2 is 1.67 bits per heavy atom. The molecular weight excluding hydrogens is 691 g/mol. The van der Waals surface area contributed by atoms with Gasteiger partial charge in [0.15, 0.2) is 10.8 Å². The van der Waals surface area contributed by atoms with Crippen molar-refractivity contribution >= 4 is 39.1 Å². The number of nitrogens with zero attached hydrogens (tertiary/aromatic N) is 4. The Morgan fingerprint density at radius 3 is 2.25 bits per heavy atom. The molecule has 51 heavy (non-hydrogen) atoms. The number of hydrogen-bond acceptors (Lipinski definition) is 9. The molecule has 1 saturated heterocycles. The zero-order valence-electron chi connectivity index (χ0n) is 30.5. The number of aliphatic hydroxyl groups is 1. The minimum atomic E-state index is -4.02. The molecule has 0 spiro atoms. The summed E-state index contributed by atoms with van der Waals surface area (Å²) in [6.45, 7) is 11.9. The van der Waals surface area contributed by atoms with E-state index < -0.39 is 34.1 Å². The van der Waals surface area contributed by atoms with Gasteiger partial charge in [-0.05, 0) is 48.1 Å². The third-order valence-corrected chi connectivity index (χ3v) is 11.5. The predicted octanol–water partition coefficient (Wildman–Crippen LogP) is 4.69. The van der Waals surface area contributed by atoms with Crippen LogP contribution in [0.5, 0.6) is 5.75 Å². The standard InChI is InChI=1S/C37H51N5O7S2/c1-24(2)20-41(51(47,48)30-15-13-29(49-7)14-16-30)22-32(43)31(19-27-11-9-8-10-12-27)39-35(45)33(25(3)4)42-18-17-40(37(42)46)21-28-23-50-36(38-28)34(44)26(5)6/h8-16,23-26,31-33,43H,17-22H2,1-7H3,(H,39,45)/t31-,32+,33?/m0/s1. The lowest BCUT2D eigenvalue weighted by Gasteiger charge is -2.34. The molecule has 1 unspecified atom stereocenters. The number of nitrogens with one attached hydrogen (secondary N) is 1. The van der Waals surface area contributed by atoms with Crippen LogP contribution in [0.2, 0.25) is 0 Å². The minimum Gasteiger partial charge on any atom is -0.497 e. The van der Waals surface area contributed by atoms with Crippen LogP contribution >= 0.6 is 11.3 Å². The van der Waals surface area contributed by atoms with E-state index in [9.17, 15) is 27.9 Å². The molecule has 4 rings (SSSR count). The third-order valence-electron chi connectivity index (χ3n) is 8.75. The molecular formula is C37H51N5O7S2. The predicted molar refractivity (Wildman–Crippen MR) is 197 cm³/mol. The highest BCUT2D eigenvalue weighted by Crippen LogP contribution is 2.24. The molecule has 1 aromatic heterocycles. The number of sulfonamides is 1. The zero-order chi connectivity index (χ0) is 37.5. The quantitative estimate of drug-likeness (QED) is 0.179. The molecule has 3 atom stereocenters. The van der Waals surface area contributed by atoms with Gasteiger partial charge >= 0.3 is 6.03 Å². The number of thiazole rings is 1. The highest BCUT2D eigenvalue weighted by Gasteiger charge is 2.41. The lowest BCUT2D eigenvalue weighted by atomic mass is 9.97. The van der Waals surface area contributed by atoms with Gasteiger partial charge < -0.3 is 25.0 Å². The lowest BCUT2D eigenvalue weighted by molar-refractivity contribution is -0.128. The fraction of sp³-hybridized carbons (Fsp3) is 0.514. The Kier molecular flexibility index (Phi) is 13.8. The fourth-order valence-electron chi connectivity index (χ4n) is 6.08. The summed E-state index contributed by atoms with van der Waals surface area (Å²) in [6.07, 6.45) is -1.05. The molecule has 3 amide bonds. The molecule has 0 radical (unpaired) electrons. The van der Waals surface area contributed by atoms with Gasteiger partial charge in [0.25, 0.3) is 0 Å². The normalized spacial score (nSPS) is 15.6. The van der Waals surface area contributed by atoms with Crippen molar-refractivity contribution in [3.8, 4) is 5.75 Å². The maximum absolute atomic E-state index is 14.1. The largest absolute Gasteiger partial charge is 0.497 e. The first-order chi connectivity index (χ1) is 24.1. The van der Waals surface area contributed by atoms with Crippen molar-refractivity contribution in [1.82, 2.24) is 24.4 Å². The topological polar surface area (TPSA) is 149 Å². The number of carbonyl (C=O) groups excluding carboxylic acids is 3. The average molecular weight is 742 g/mol. The number of benzene rings is 2. The Balaban J connectivity index is 1.55. The van der Waals surface area contributed by atoms with E-state index in [1.165, 1.54) is 39.8 Å². The number of Topliss-reactive ketones (excluding diaryl/α,β-unsaturated/α-hetero) is 1. The first kappa shape index (κ1) is 39.9. The molecule has 0 bridgehead atoms. The zero-order valence-corrected chi connectivity index (χ0v) is 32.1. The molecule has 1 aliphatic heterocycles. The highest BCUT2D eigenvalue weighted by molar-refractivity contribution is 7.89. The van der Waals surface area contributed by atoms with Crippen LogP contribution in [-0.4, -0.2) is 102 Å². The Morgan fingerprint density at radius 1 is 1.00 bits per heavy atom. The molecule has 12 nitrogen and oxygen atoms in total. The Bertz CT molecular complexity index is 1730. The van der Waals surface area contributed by atoms with Crippen molar-refractivity contribution in [2.24, 2.45) is 17.8 Å². The number of ether oxygens (including phenoxy) is 1. The summed E-state index contributed by atoms with van der Waals surface area (Å²) in [7, 11) is -2.52. The van der Waals surface area contributed by atoms with Crippen LogP contribution in [0.25, 0.3) is 0 Å². The van der Waals surface area contributed by atoms with E-state index in [0.29, 0.717) is 29.5 Å². The number of urea groups is 1. The highest BCUT2D eigenvalue weighted by atomic mass is 32.2. The minimum absolute atomic E-state index is 0.0462. The SMILES string of the molecule is COc1ccc(S(=O)(=O)N(CC(C)C)C[C@@H](O)[C@H](Cc2ccccc2)NC(=O)C(C(C)C)N2CCN(Cc3csc(C(=O)C(C)C)n3)C2=O)cc1. The Labute approximate surface area is 305 Å². The van der Waals surface area contributed by atoms with Gasteiger partial charge in [-0.3, -0.25) is 9.59 Å². The van der Waals surface area contributed by atoms with Gasteiger partial charge in [0.2, 0.25) is 15.9 Å². The molecule has 0 aliphatic carbocycles. The first-order valence-corrected chi connectivity index (χ1v) is 19.6. The summed E-state index contributed by atoms with van der Waals surface area (Å²) >= 11 is 1.26. The maximum atomic E-state index is 14.1. The lowest BCUT2D eigenvalue weighted by Crippen LogP contribution is -2.57. The van der Waals surface area contributed by atoms with Crippen LogP contribution in [0.1, 0.15) is 62.6 Å². The summed E-state index contributed by atoms with van der Waals surface area (Å²) < 4.78 is 34.2. The number of methoxy groups -OCH3 is 1. The maximum Gasteiger partial charge on any atom is 0.321 e. The number of aromatic nitrogens is 1. The molecule has 14 heteroatoms. The second-order valence-corrected chi connectivity index (χ2v) is 16.8. The molecule has 1 fully saturated rings. The number of hydrogen-bond donors (Lipinski definition) is 2. The summed E-state index contributed by atoms with van der Waals surface area (Å²) in [5, 5.41) is 17.0. The van der Waals surface area contributed by atoms with E-state index in [1.54, 1.807) is 22.4 Å². The summed E-state index contributed by atoms with van der Waals surface area (Å²) in [6, 6.07) is 13.4. The van der Waals surface area contributed by atoms with Gasteiger partial charge in [-0.1, -0.05) is 71.9 Å². The summed E-state index contributed by atoms with van der Waals surface area (Å²) in [5.41, 5.74) is 1.46. The summed E-state index contributed by atoms with van der Waals surface area (Å²) in [5.74, 6) is -0.468. The third kappa shape index (κ3) is 10.1. The van der Waals surface area contributed by atoms with Gasteiger partial charge in [-0.2, -0.15) is 4.31 Å². The number of rotatable bonds is 18. The Hall–Kier alpha value is -3.85. The molecule has 2 N–H and O–H groups in total. The van der Waals surface area contributed by atoms with Crippen LogP contribution < -0.4 is 10.1 Å². The van der Waals surface area contributed by atoms with Crippen molar-refractivity contribution in [1.29, 1.82) is 0 Å². The fourth-order valence-corrected chi connectivity index (χ4v) is 8.59. The second-order valence-electron chi connectivity index (χ2n) is 14.0. The van der Waals surface area contributed by atoms with E-state index in [2.05, 4.69) is 10.3 Å². The molecule has 3 aromatic rings. The van der Waals surface area contributed by atoms with Crippen LogP contribution in [0.15, 0.2) is 64.9 Å². The van der Waals surface area contributed by atoms with Crippen LogP contribution in [0.3, 0.4) is 0 Å². The molecule has 2 aromatic carbocycles. The van der Waals surface area contributed by atoms with Crippen molar-refractivity contribution in [3.05, 3.63) is 76.2 Å². The van der Waals surface area contributed by atoms with Crippen LogP contribution in [-0.2, 0) is 27.8 Å². The van der Waals surface area contributed by atoms with Crippen molar-refractivity contribution in [2.45, 2.75) is 77.6 Å². The van der Waals surface area contributed by atoms with Gasteiger partial charge in [-0.25, -0.2) is 18.2 Å². The van der Waals surface area contributed by atoms with Crippen LogP contribution in [0, 0.1) is 17.8 Å². The van der Waals surface area contributed by atoms with Crippen LogP contribution in [0.4, 0.5) is 4.79 Å². The molecule has 2 heterocycles. The van der Waals surface area contributed by atoms with E-state index in [-0.39, 0.29) is 60.5 Å². The van der Waals surface area contributed by atoms with Gasteiger partial charge in [0.05, 0.1) is 36.4 Å². The summed E-state index contributed by atoms with van der Waals surface area (Å²) in [4.78, 5) is 47.9. The van der Waals surface area contributed by atoms with Crippen molar-refractivity contribution in [3.63, 3.8) is 0 Å². The smallest absolute Gasteiger partial charge is 0.321 e. The monoisotopic (exact) mass is 741 g/mol. The van der Waals surface area contributed by atoms with E-state index in [4.69, 9.17) is 4.74 Å². The van der Waals surface area contributed by atoms with Gasteiger partial charge in [0, 0.05) is 37.5 Å². The van der Waals surface area contributed by atoms with Gasteiger partial charge in [-0.15, -0.1) is 11.3 Å². The molecule has 0 saturated carbocycles. The number of ketones is 1. The second kappa shape index (κ2) is 17.6. The molecule has 278 valence electrons. The molecule has 1 aliphatic rings. The van der Waals surface area contributed by atoms with Crippen molar-refractivity contribution in [2.75, 3.05) is 33.3 Å². The van der Waals surface area contributed by atoms with E-state index in [0.717, 1.165) is 5.56 Å². The average Bonchev–Trinajstić information content (AvgIpc) is 3.70. The van der Waals surface area contributed by atoms with Crippen molar-refractivity contribution < 1.29 is 32.6 Å². The number of aliphatic hydroxyl groups excluding tert-OH is 1. The number of amides is 3. The van der Waals surface area contributed by atoms with E-state index >= 15 is 0 Å². The number of carbonyl (C=O) groups is 3.